The molecule has 0 bridgehead atoms. The van der Waals surface area contributed by atoms with Gasteiger partial charge in [0.15, 0.2) is 11.8 Å². The SMILES string of the molecule is O=C(O)C(C(=O)O)c1nc[nH]c1C(C(=O)O)C(=O)O. The number of rotatable bonds is 6. The van der Waals surface area contributed by atoms with Crippen LogP contribution in [-0.2, 0) is 19.2 Å². The highest BCUT2D eigenvalue weighted by atomic mass is 16.4. The first-order valence-electron chi connectivity index (χ1n) is 4.71. The van der Waals surface area contributed by atoms with Gasteiger partial charge in [0, 0.05) is 0 Å². The van der Waals surface area contributed by atoms with Crippen LogP contribution < -0.4 is 0 Å². The molecular formula is C9H8N2O8. The fourth-order valence-corrected chi connectivity index (χ4v) is 1.47. The number of carboxylic acid groups (broad SMARTS) is 4. The van der Waals surface area contributed by atoms with Crippen molar-refractivity contribution in [3.8, 4) is 0 Å². The van der Waals surface area contributed by atoms with Crippen LogP contribution in [0.3, 0.4) is 0 Å². The van der Waals surface area contributed by atoms with Crippen LogP contribution in [-0.4, -0.2) is 54.3 Å². The number of nitrogens with zero attached hydrogens (tertiary/aromatic N) is 1. The minimum Gasteiger partial charge on any atom is -0.480 e. The normalized spacial score (nSPS) is 10.6. The van der Waals surface area contributed by atoms with E-state index in [0.717, 1.165) is 6.33 Å². The zero-order valence-electron chi connectivity index (χ0n) is 9.10. The largest absolute Gasteiger partial charge is 0.480 e. The maximum atomic E-state index is 10.8. The van der Waals surface area contributed by atoms with Gasteiger partial charge in [0.25, 0.3) is 0 Å². The van der Waals surface area contributed by atoms with E-state index < -0.39 is 47.1 Å². The molecule has 10 heteroatoms. The lowest BCUT2D eigenvalue weighted by Gasteiger charge is -2.10. The number of aromatic nitrogens is 2. The number of carboxylic acids is 4. The molecule has 0 saturated heterocycles. The molecule has 1 rings (SSSR count). The fraction of sp³-hybridized carbons (Fsp3) is 0.222. The Hall–Kier alpha value is -2.91. The standard InChI is InChI=1S/C9H8N2O8/c12-6(13)2(7(14)15)4-5(11-1-10-4)3(8(16)17)9(18)19/h1-3H,(H,10,11)(H,12,13)(H,14,15)(H,16,17)(H,18,19). The van der Waals surface area contributed by atoms with Gasteiger partial charge in [-0.05, 0) is 0 Å². The summed E-state index contributed by atoms with van der Waals surface area (Å²) in [7, 11) is 0. The van der Waals surface area contributed by atoms with Crippen molar-refractivity contribution in [2.45, 2.75) is 11.8 Å². The number of hydrogen-bond donors (Lipinski definition) is 5. The van der Waals surface area contributed by atoms with Crippen molar-refractivity contribution < 1.29 is 39.6 Å². The van der Waals surface area contributed by atoms with Gasteiger partial charge in [0.1, 0.15) is 0 Å². The van der Waals surface area contributed by atoms with Gasteiger partial charge >= 0.3 is 23.9 Å². The van der Waals surface area contributed by atoms with Gasteiger partial charge < -0.3 is 25.4 Å². The summed E-state index contributed by atoms with van der Waals surface area (Å²) in [6.45, 7) is 0. The Bertz CT molecular complexity index is 474. The summed E-state index contributed by atoms with van der Waals surface area (Å²) in [6, 6.07) is 0. The van der Waals surface area contributed by atoms with Gasteiger partial charge in [0.2, 0.25) is 0 Å². The van der Waals surface area contributed by atoms with Crippen LogP contribution in [0.5, 0.6) is 0 Å². The Kier molecular flexibility index (Phi) is 3.85. The average Bonchev–Trinajstić information content (AvgIpc) is 2.64. The zero-order chi connectivity index (χ0) is 14.7. The van der Waals surface area contributed by atoms with E-state index in [1.54, 1.807) is 0 Å². The molecule has 0 atom stereocenters. The molecule has 0 aliphatic rings. The van der Waals surface area contributed by atoms with Crippen molar-refractivity contribution in [3.05, 3.63) is 17.7 Å². The van der Waals surface area contributed by atoms with E-state index in [1.165, 1.54) is 0 Å². The molecule has 10 nitrogen and oxygen atoms in total. The summed E-state index contributed by atoms with van der Waals surface area (Å²) in [6.07, 6.45) is 0.836. The molecule has 0 unspecified atom stereocenters. The Morgan fingerprint density at radius 1 is 0.895 bits per heavy atom. The van der Waals surface area contributed by atoms with Crippen molar-refractivity contribution in [1.29, 1.82) is 0 Å². The second-order valence-electron chi connectivity index (χ2n) is 3.42. The minimum atomic E-state index is -2.15. The molecule has 0 amide bonds. The Morgan fingerprint density at radius 2 is 1.32 bits per heavy atom. The van der Waals surface area contributed by atoms with Gasteiger partial charge in [-0.25, -0.2) is 4.98 Å². The predicted octanol–water partition coefficient (Wildman–Crippen LogP) is -1.08. The molecule has 5 N–H and O–H groups in total. The number of hydrogen-bond acceptors (Lipinski definition) is 5. The molecule has 1 aromatic heterocycles. The molecule has 19 heavy (non-hydrogen) atoms. The third-order valence-corrected chi connectivity index (χ3v) is 2.25. The van der Waals surface area contributed by atoms with E-state index in [-0.39, 0.29) is 0 Å². The molecular weight excluding hydrogens is 264 g/mol. The van der Waals surface area contributed by atoms with Crippen molar-refractivity contribution in [2.24, 2.45) is 0 Å². The second-order valence-corrected chi connectivity index (χ2v) is 3.42. The topological polar surface area (TPSA) is 178 Å². The molecule has 0 fully saturated rings. The third-order valence-electron chi connectivity index (χ3n) is 2.25. The highest BCUT2D eigenvalue weighted by Crippen LogP contribution is 2.25. The van der Waals surface area contributed by atoms with Gasteiger partial charge in [-0.3, -0.25) is 19.2 Å². The molecule has 0 spiro atoms. The first-order chi connectivity index (χ1) is 8.77. The molecule has 0 aliphatic heterocycles. The fourth-order valence-electron chi connectivity index (χ4n) is 1.47. The van der Waals surface area contributed by atoms with Crippen molar-refractivity contribution in [1.82, 2.24) is 9.97 Å². The van der Waals surface area contributed by atoms with Gasteiger partial charge in [0.05, 0.1) is 17.7 Å². The van der Waals surface area contributed by atoms with Crippen molar-refractivity contribution >= 4 is 23.9 Å². The van der Waals surface area contributed by atoms with Crippen LogP contribution in [0.2, 0.25) is 0 Å². The Morgan fingerprint density at radius 3 is 1.68 bits per heavy atom. The maximum absolute atomic E-state index is 10.8. The number of imidazole rings is 1. The highest BCUT2D eigenvalue weighted by Gasteiger charge is 2.39. The minimum absolute atomic E-state index is 0.588. The molecule has 102 valence electrons. The molecule has 0 aromatic carbocycles. The number of carbonyl (C=O) groups is 4. The lowest BCUT2D eigenvalue weighted by atomic mass is 9.96. The molecule has 0 saturated carbocycles. The second kappa shape index (κ2) is 5.16. The van der Waals surface area contributed by atoms with Gasteiger partial charge in [-0.15, -0.1) is 0 Å². The maximum Gasteiger partial charge on any atom is 0.324 e. The summed E-state index contributed by atoms with van der Waals surface area (Å²) in [5.74, 6) is -11.4. The number of H-pyrrole nitrogens is 1. The summed E-state index contributed by atoms with van der Waals surface area (Å²) in [4.78, 5) is 48.9. The third kappa shape index (κ3) is 2.68. The Balaban J connectivity index is 3.37. The van der Waals surface area contributed by atoms with Gasteiger partial charge in [-0.1, -0.05) is 0 Å². The molecule has 1 heterocycles. The summed E-state index contributed by atoms with van der Waals surface area (Å²) in [5, 5.41) is 35.1. The smallest absolute Gasteiger partial charge is 0.324 e. The quantitative estimate of drug-likeness (QED) is 0.402. The average molecular weight is 272 g/mol. The van der Waals surface area contributed by atoms with Crippen LogP contribution in [0, 0.1) is 0 Å². The van der Waals surface area contributed by atoms with Crippen LogP contribution in [0.25, 0.3) is 0 Å². The number of nitrogens with one attached hydrogen (secondary N) is 1. The lowest BCUT2D eigenvalue weighted by Crippen LogP contribution is -2.27. The van der Waals surface area contributed by atoms with Crippen LogP contribution in [0.15, 0.2) is 6.33 Å². The summed E-state index contributed by atoms with van der Waals surface area (Å²) in [5.41, 5.74) is -1.25. The van der Waals surface area contributed by atoms with Gasteiger partial charge in [-0.2, -0.15) is 0 Å². The first kappa shape index (κ1) is 14.2. The van der Waals surface area contributed by atoms with Crippen LogP contribution >= 0.6 is 0 Å². The predicted molar refractivity (Wildman–Crippen MR) is 54.6 cm³/mol. The molecule has 0 aliphatic carbocycles. The van der Waals surface area contributed by atoms with E-state index >= 15 is 0 Å². The molecule has 1 aromatic rings. The Labute approximate surface area is 104 Å². The highest BCUT2D eigenvalue weighted by molar-refractivity contribution is 6.02. The lowest BCUT2D eigenvalue weighted by molar-refractivity contribution is -0.153. The van der Waals surface area contributed by atoms with E-state index in [4.69, 9.17) is 20.4 Å². The van der Waals surface area contributed by atoms with Crippen molar-refractivity contribution in [3.63, 3.8) is 0 Å². The van der Waals surface area contributed by atoms with E-state index in [1.807, 2.05) is 0 Å². The number of aliphatic carboxylic acids is 4. The van der Waals surface area contributed by atoms with Crippen LogP contribution in [0.4, 0.5) is 0 Å². The monoisotopic (exact) mass is 272 g/mol. The summed E-state index contributed by atoms with van der Waals surface area (Å²) >= 11 is 0. The van der Waals surface area contributed by atoms with Crippen molar-refractivity contribution in [2.75, 3.05) is 0 Å². The van der Waals surface area contributed by atoms with E-state index in [2.05, 4.69) is 9.97 Å². The summed E-state index contributed by atoms with van der Waals surface area (Å²) < 4.78 is 0. The molecule has 0 radical (unpaired) electrons. The number of aromatic amines is 1. The first-order valence-corrected chi connectivity index (χ1v) is 4.71. The van der Waals surface area contributed by atoms with E-state index in [9.17, 15) is 19.2 Å². The van der Waals surface area contributed by atoms with E-state index in [0.29, 0.717) is 0 Å². The zero-order valence-corrected chi connectivity index (χ0v) is 9.10. The van der Waals surface area contributed by atoms with Crippen LogP contribution in [0.1, 0.15) is 23.2 Å².